The Balaban J connectivity index is 1.35. The first kappa shape index (κ1) is 23.1. The lowest BCUT2D eigenvalue weighted by molar-refractivity contribution is -0.121. The summed E-state index contributed by atoms with van der Waals surface area (Å²) in [6.45, 7) is 5.09. The van der Waals surface area contributed by atoms with E-state index in [1.807, 2.05) is 36.4 Å². The van der Waals surface area contributed by atoms with Gasteiger partial charge in [-0.1, -0.05) is 18.2 Å². The number of hydrogen-bond donors (Lipinski definition) is 0. The Morgan fingerprint density at radius 3 is 2.49 bits per heavy atom. The standard InChI is InChI=1S/C29H29FN2O3/c1-19-17-23(5-9-26(19)22-3-7-25(8-4-22)34-16-13-30)29-31-27-18-24(6-10-28(27)35-29)32-14-11-21(12-15-32)20(2)33/h3-10,17-18,21H,11-16H2,1-2H3. The van der Waals surface area contributed by atoms with Gasteiger partial charge in [0.25, 0.3) is 0 Å². The van der Waals surface area contributed by atoms with E-state index in [1.165, 1.54) is 0 Å². The lowest BCUT2D eigenvalue weighted by Gasteiger charge is -2.32. The van der Waals surface area contributed by atoms with Gasteiger partial charge in [-0.25, -0.2) is 9.37 Å². The number of fused-ring (bicyclic) bond motifs is 1. The molecule has 0 atom stereocenters. The topological polar surface area (TPSA) is 55.6 Å². The third kappa shape index (κ3) is 4.92. The lowest BCUT2D eigenvalue weighted by Crippen LogP contribution is -2.35. The maximum atomic E-state index is 12.3. The number of oxazole rings is 1. The van der Waals surface area contributed by atoms with Crippen LogP contribution in [-0.2, 0) is 4.79 Å². The Bertz CT molecular complexity index is 1340. The first-order valence-corrected chi connectivity index (χ1v) is 12.1. The Hall–Kier alpha value is -3.67. The monoisotopic (exact) mass is 472 g/mol. The zero-order valence-electron chi connectivity index (χ0n) is 20.1. The predicted octanol–water partition coefficient (Wildman–Crippen LogP) is 6.62. The lowest BCUT2D eigenvalue weighted by atomic mass is 9.93. The fraction of sp³-hybridized carbons (Fsp3) is 0.310. The first-order chi connectivity index (χ1) is 17.0. The number of hydrogen-bond acceptors (Lipinski definition) is 5. The summed E-state index contributed by atoms with van der Waals surface area (Å²) in [5.41, 5.74) is 6.91. The van der Waals surface area contributed by atoms with Crippen molar-refractivity contribution in [3.63, 3.8) is 0 Å². The van der Waals surface area contributed by atoms with Crippen LogP contribution >= 0.6 is 0 Å². The van der Waals surface area contributed by atoms with Gasteiger partial charge in [0.1, 0.15) is 30.3 Å². The van der Waals surface area contributed by atoms with Crippen molar-refractivity contribution in [2.45, 2.75) is 26.7 Å². The van der Waals surface area contributed by atoms with E-state index in [0.29, 0.717) is 17.4 Å². The molecule has 5 nitrogen and oxygen atoms in total. The summed E-state index contributed by atoms with van der Waals surface area (Å²) in [6.07, 6.45) is 1.80. The highest BCUT2D eigenvalue weighted by molar-refractivity contribution is 5.82. The first-order valence-electron chi connectivity index (χ1n) is 12.1. The number of Topliss-reactive ketones (excluding diaryl/α,β-unsaturated/α-hetero) is 1. The molecule has 2 heterocycles. The van der Waals surface area contributed by atoms with Crippen LogP contribution in [0.3, 0.4) is 0 Å². The van der Waals surface area contributed by atoms with Crippen molar-refractivity contribution in [3.8, 4) is 28.3 Å². The average Bonchev–Trinajstić information content (AvgIpc) is 3.31. The van der Waals surface area contributed by atoms with E-state index < -0.39 is 6.67 Å². The molecule has 4 aromatic rings. The summed E-state index contributed by atoms with van der Waals surface area (Å²) in [5, 5.41) is 0. The minimum Gasteiger partial charge on any atom is -0.491 e. The Labute approximate surface area is 204 Å². The van der Waals surface area contributed by atoms with Gasteiger partial charge in [-0.15, -0.1) is 0 Å². The maximum absolute atomic E-state index is 12.3. The van der Waals surface area contributed by atoms with E-state index in [1.54, 1.807) is 6.92 Å². The van der Waals surface area contributed by atoms with Gasteiger partial charge in [0, 0.05) is 30.3 Å². The molecule has 1 fully saturated rings. The zero-order chi connectivity index (χ0) is 24.4. The Morgan fingerprint density at radius 2 is 1.80 bits per heavy atom. The molecule has 5 rings (SSSR count). The number of nitrogens with zero attached hydrogens (tertiary/aromatic N) is 2. The normalized spacial score (nSPS) is 14.4. The maximum Gasteiger partial charge on any atom is 0.227 e. The summed E-state index contributed by atoms with van der Waals surface area (Å²) >= 11 is 0. The summed E-state index contributed by atoms with van der Waals surface area (Å²) in [7, 11) is 0. The molecule has 1 saturated heterocycles. The molecule has 0 aliphatic carbocycles. The molecule has 1 aliphatic rings. The minimum absolute atomic E-state index is 0.0669. The fourth-order valence-electron chi connectivity index (χ4n) is 4.79. The van der Waals surface area contributed by atoms with E-state index in [9.17, 15) is 9.18 Å². The summed E-state index contributed by atoms with van der Waals surface area (Å²) in [5.74, 6) is 1.74. The molecular weight excluding hydrogens is 443 g/mol. The van der Waals surface area contributed by atoms with Crippen molar-refractivity contribution in [1.29, 1.82) is 0 Å². The fourth-order valence-corrected chi connectivity index (χ4v) is 4.79. The number of rotatable bonds is 7. The zero-order valence-corrected chi connectivity index (χ0v) is 20.1. The van der Waals surface area contributed by atoms with Crippen LogP contribution in [0.5, 0.6) is 5.75 Å². The average molecular weight is 473 g/mol. The van der Waals surface area contributed by atoms with Crippen LogP contribution in [0, 0.1) is 12.8 Å². The highest BCUT2D eigenvalue weighted by Gasteiger charge is 2.23. The predicted molar refractivity (Wildman–Crippen MR) is 137 cm³/mol. The molecule has 0 N–H and O–H groups in total. The summed E-state index contributed by atoms with van der Waals surface area (Å²) < 4.78 is 23.7. The second-order valence-corrected chi connectivity index (χ2v) is 9.13. The van der Waals surface area contributed by atoms with Gasteiger partial charge in [0.15, 0.2) is 5.58 Å². The molecule has 6 heteroatoms. The number of piperidine rings is 1. The molecule has 1 aromatic heterocycles. The van der Waals surface area contributed by atoms with Crippen LogP contribution in [0.15, 0.2) is 65.1 Å². The van der Waals surface area contributed by atoms with E-state index in [0.717, 1.165) is 65.0 Å². The van der Waals surface area contributed by atoms with Gasteiger partial charge >= 0.3 is 0 Å². The number of carbonyl (C=O) groups is 1. The van der Waals surface area contributed by atoms with Crippen molar-refractivity contribution in [2.75, 3.05) is 31.3 Å². The molecule has 0 radical (unpaired) electrons. The largest absolute Gasteiger partial charge is 0.491 e. The molecule has 180 valence electrons. The Morgan fingerprint density at radius 1 is 1.06 bits per heavy atom. The molecule has 3 aromatic carbocycles. The van der Waals surface area contributed by atoms with Crippen molar-refractivity contribution < 1.29 is 18.3 Å². The van der Waals surface area contributed by atoms with E-state index in [4.69, 9.17) is 14.1 Å². The van der Waals surface area contributed by atoms with E-state index >= 15 is 0 Å². The van der Waals surface area contributed by atoms with Crippen LogP contribution in [0.2, 0.25) is 0 Å². The number of carbonyl (C=O) groups excluding carboxylic acids is 1. The van der Waals surface area contributed by atoms with Gasteiger partial charge < -0.3 is 14.1 Å². The number of anilines is 1. The molecule has 0 amide bonds. The van der Waals surface area contributed by atoms with E-state index in [2.05, 4.69) is 36.1 Å². The van der Waals surface area contributed by atoms with Crippen molar-refractivity contribution in [3.05, 3.63) is 66.2 Å². The number of aryl methyl sites for hydroxylation is 1. The van der Waals surface area contributed by atoms with Crippen LogP contribution in [0.1, 0.15) is 25.3 Å². The molecule has 0 saturated carbocycles. The molecule has 0 spiro atoms. The number of aromatic nitrogens is 1. The van der Waals surface area contributed by atoms with Crippen molar-refractivity contribution in [2.24, 2.45) is 5.92 Å². The third-order valence-corrected chi connectivity index (χ3v) is 6.79. The summed E-state index contributed by atoms with van der Waals surface area (Å²) in [4.78, 5) is 18.8. The number of ketones is 1. The van der Waals surface area contributed by atoms with Gasteiger partial charge in [0.05, 0.1) is 0 Å². The van der Waals surface area contributed by atoms with Crippen LogP contribution in [0.25, 0.3) is 33.7 Å². The SMILES string of the molecule is CC(=O)C1CCN(c2ccc3oc(-c4ccc(-c5ccc(OCCF)cc5)c(C)c4)nc3c2)CC1. The number of alkyl halides is 1. The quantitative estimate of drug-likeness (QED) is 0.302. The molecular formula is C29H29FN2O3. The molecule has 1 aliphatic heterocycles. The van der Waals surface area contributed by atoms with Gasteiger partial charge in [-0.3, -0.25) is 4.79 Å². The number of halogens is 1. The second-order valence-electron chi connectivity index (χ2n) is 9.13. The Kier molecular flexibility index (Phi) is 6.53. The minimum atomic E-state index is -0.501. The summed E-state index contributed by atoms with van der Waals surface area (Å²) in [6, 6.07) is 20.0. The van der Waals surface area contributed by atoms with Crippen LogP contribution in [-0.4, -0.2) is 37.1 Å². The van der Waals surface area contributed by atoms with Crippen molar-refractivity contribution >= 4 is 22.6 Å². The second kappa shape index (κ2) is 9.90. The smallest absolute Gasteiger partial charge is 0.227 e. The molecule has 0 bridgehead atoms. The van der Waals surface area contributed by atoms with E-state index in [-0.39, 0.29) is 12.5 Å². The highest BCUT2D eigenvalue weighted by Crippen LogP contribution is 2.32. The van der Waals surface area contributed by atoms with Gasteiger partial charge in [-0.2, -0.15) is 0 Å². The van der Waals surface area contributed by atoms with Crippen molar-refractivity contribution in [1.82, 2.24) is 4.98 Å². The third-order valence-electron chi connectivity index (χ3n) is 6.79. The van der Waals surface area contributed by atoms with Crippen LogP contribution in [0.4, 0.5) is 10.1 Å². The number of ether oxygens (including phenoxy) is 1. The highest BCUT2D eigenvalue weighted by atomic mass is 19.1. The van der Waals surface area contributed by atoms with Gasteiger partial charge in [0.2, 0.25) is 5.89 Å². The number of benzene rings is 3. The molecule has 35 heavy (non-hydrogen) atoms. The van der Waals surface area contributed by atoms with Gasteiger partial charge in [-0.05, 0) is 85.8 Å². The molecule has 0 unspecified atom stereocenters. The van der Waals surface area contributed by atoms with Crippen LogP contribution < -0.4 is 9.64 Å².